The molecule has 1 atom stereocenters. The maximum Gasteiger partial charge on any atom is 0.573 e. The minimum Gasteiger partial charge on any atom is -0.405 e. The average Bonchev–Trinajstić information content (AvgIpc) is 2.79. The van der Waals surface area contributed by atoms with Crippen LogP contribution in [0.15, 0.2) is 48.5 Å². The highest BCUT2D eigenvalue weighted by atomic mass is 32.2. The van der Waals surface area contributed by atoms with Crippen LogP contribution in [0.25, 0.3) is 0 Å². The summed E-state index contributed by atoms with van der Waals surface area (Å²) >= 11 is 0. The predicted molar refractivity (Wildman–Crippen MR) is 96.6 cm³/mol. The fourth-order valence-corrected chi connectivity index (χ4v) is 5.06. The largest absolute Gasteiger partial charge is 0.573 e. The monoisotopic (exact) mass is 431 g/mol. The van der Waals surface area contributed by atoms with Gasteiger partial charge in [0.15, 0.2) is 9.84 Å². The van der Waals surface area contributed by atoms with Crippen molar-refractivity contribution in [2.24, 2.45) is 0 Å². The molecule has 0 aliphatic carbocycles. The molecule has 1 saturated heterocycles. The molecule has 0 N–H and O–H groups in total. The number of amides is 1. The van der Waals surface area contributed by atoms with Crippen molar-refractivity contribution in [1.29, 1.82) is 0 Å². The van der Waals surface area contributed by atoms with Gasteiger partial charge in [0.25, 0.3) is 5.91 Å². The summed E-state index contributed by atoms with van der Waals surface area (Å²) < 4.78 is 81.1. The van der Waals surface area contributed by atoms with Gasteiger partial charge in [-0.15, -0.1) is 13.2 Å². The van der Waals surface area contributed by atoms with E-state index in [2.05, 4.69) is 4.74 Å². The summed E-state index contributed by atoms with van der Waals surface area (Å²) in [5.74, 6) is -2.54. The molecule has 156 valence electrons. The third-order valence-electron chi connectivity index (χ3n) is 4.62. The molecule has 1 aliphatic heterocycles. The summed E-state index contributed by atoms with van der Waals surface area (Å²) in [6.45, 7) is -0.274. The number of hydrogen-bond donors (Lipinski definition) is 0. The number of halogens is 4. The average molecular weight is 431 g/mol. The van der Waals surface area contributed by atoms with Gasteiger partial charge in [-0.1, -0.05) is 30.3 Å². The smallest absolute Gasteiger partial charge is 0.405 e. The van der Waals surface area contributed by atoms with Crippen molar-refractivity contribution in [3.63, 3.8) is 0 Å². The van der Waals surface area contributed by atoms with E-state index in [1.165, 1.54) is 36.4 Å². The second kappa shape index (κ2) is 8.02. The SMILES string of the molecule is O=C(c1ccccc1OC(F)(F)F)N1CCC(c2ccccc2F)S(=O)(=O)CC1. The third kappa shape index (κ3) is 4.87. The summed E-state index contributed by atoms with van der Waals surface area (Å²) in [7, 11) is -3.77. The summed E-state index contributed by atoms with van der Waals surface area (Å²) in [5, 5.41) is -1.14. The van der Waals surface area contributed by atoms with E-state index in [1.807, 2.05) is 0 Å². The fourth-order valence-electron chi connectivity index (χ4n) is 3.26. The number of rotatable bonds is 3. The maximum absolute atomic E-state index is 14.1. The van der Waals surface area contributed by atoms with E-state index in [4.69, 9.17) is 0 Å². The number of nitrogens with zero attached hydrogens (tertiary/aromatic N) is 1. The van der Waals surface area contributed by atoms with Crippen molar-refractivity contribution in [2.45, 2.75) is 18.0 Å². The first-order valence-electron chi connectivity index (χ1n) is 8.68. The van der Waals surface area contributed by atoms with Crippen LogP contribution in [0.2, 0.25) is 0 Å². The highest BCUT2D eigenvalue weighted by Crippen LogP contribution is 2.32. The van der Waals surface area contributed by atoms with Crippen molar-refractivity contribution >= 4 is 15.7 Å². The van der Waals surface area contributed by atoms with E-state index in [0.717, 1.165) is 17.0 Å². The molecule has 2 aromatic rings. The Hall–Kier alpha value is -2.62. The summed E-state index contributed by atoms with van der Waals surface area (Å²) in [5.41, 5.74) is -0.311. The van der Waals surface area contributed by atoms with E-state index in [1.54, 1.807) is 0 Å². The van der Waals surface area contributed by atoms with E-state index in [0.29, 0.717) is 0 Å². The molecule has 29 heavy (non-hydrogen) atoms. The van der Waals surface area contributed by atoms with E-state index in [-0.39, 0.29) is 30.6 Å². The molecule has 0 saturated carbocycles. The van der Waals surface area contributed by atoms with Gasteiger partial charge in [-0.3, -0.25) is 4.79 Å². The molecular formula is C19H17F4NO4S. The summed E-state index contributed by atoms with van der Waals surface area (Å²) in [6, 6.07) is 10.4. The van der Waals surface area contributed by atoms with E-state index >= 15 is 0 Å². The summed E-state index contributed by atoms with van der Waals surface area (Å²) in [4.78, 5) is 13.9. The molecule has 0 radical (unpaired) electrons. The van der Waals surface area contributed by atoms with Gasteiger partial charge in [-0.25, -0.2) is 12.8 Å². The van der Waals surface area contributed by atoms with Gasteiger partial charge < -0.3 is 9.64 Å². The second-order valence-electron chi connectivity index (χ2n) is 6.50. The number of sulfone groups is 1. The van der Waals surface area contributed by atoms with Crippen molar-refractivity contribution in [1.82, 2.24) is 4.90 Å². The second-order valence-corrected chi connectivity index (χ2v) is 8.80. The van der Waals surface area contributed by atoms with Crippen molar-refractivity contribution < 1.29 is 35.5 Å². The Labute approximate surface area is 164 Å². The third-order valence-corrected chi connectivity index (χ3v) is 6.73. The molecule has 3 rings (SSSR count). The molecule has 0 spiro atoms. The van der Waals surface area contributed by atoms with Crippen LogP contribution in [0.4, 0.5) is 17.6 Å². The molecule has 0 bridgehead atoms. The molecule has 10 heteroatoms. The Morgan fingerprint density at radius 1 is 1.03 bits per heavy atom. The van der Waals surface area contributed by atoms with Crippen molar-refractivity contribution in [3.05, 3.63) is 65.5 Å². The lowest BCUT2D eigenvalue weighted by molar-refractivity contribution is -0.274. The van der Waals surface area contributed by atoms with Crippen LogP contribution < -0.4 is 4.74 Å². The zero-order valence-electron chi connectivity index (χ0n) is 15.0. The minimum atomic E-state index is -4.98. The van der Waals surface area contributed by atoms with Crippen molar-refractivity contribution in [3.8, 4) is 5.75 Å². The number of hydrogen-bond acceptors (Lipinski definition) is 4. The van der Waals surface area contributed by atoms with E-state index < -0.39 is 44.7 Å². The van der Waals surface area contributed by atoms with Crippen molar-refractivity contribution in [2.75, 3.05) is 18.8 Å². The quantitative estimate of drug-likeness (QED) is 0.695. The first-order chi connectivity index (χ1) is 13.6. The zero-order valence-corrected chi connectivity index (χ0v) is 15.8. The Balaban J connectivity index is 1.86. The van der Waals surface area contributed by atoms with Crippen LogP contribution in [0.3, 0.4) is 0 Å². The first-order valence-corrected chi connectivity index (χ1v) is 10.4. The van der Waals surface area contributed by atoms with Crippen LogP contribution in [0.5, 0.6) is 5.75 Å². The fraction of sp³-hybridized carbons (Fsp3) is 0.316. The molecule has 5 nitrogen and oxygen atoms in total. The van der Waals surface area contributed by atoms with Gasteiger partial charge in [0, 0.05) is 18.7 Å². The number of ether oxygens (including phenoxy) is 1. The predicted octanol–water partition coefficient (Wildman–Crippen LogP) is 3.73. The molecule has 1 heterocycles. The van der Waals surface area contributed by atoms with Gasteiger partial charge >= 0.3 is 6.36 Å². The normalized spacial score (nSPS) is 19.4. The van der Waals surface area contributed by atoms with Crippen LogP contribution in [-0.2, 0) is 9.84 Å². The maximum atomic E-state index is 14.1. The molecule has 1 unspecified atom stereocenters. The standard InChI is InChI=1S/C19H17F4NO4S/c20-15-7-3-1-5-13(15)17-9-10-24(11-12-29(17,26)27)18(25)14-6-2-4-8-16(14)28-19(21,22)23/h1-8,17H,9-12H2. The molecule has 1 amide bonds. The minimum absolute atomic E-state index is 0.0163. The number of alkyl halides is 3. The lowest BCUT2D eigenvalue weighted by atomic mass is 10.1. The van der Waals surface area contributed by atoms with E-state index in [9.17, 15) is 30.8 Å². The number of benzene rings is 2. The molecular weight excluding hydrogens is 414 g/mol. The number of carbonyl (C=O) groups excluding carboxylic acids is 1. The molecule has 2 aromatic carbocycles. The Morgan fingerprint density at radius 3 is 2.38 bits per heavy atom. The summed E-state index contributed by atoms with van der Waals surface area (Å²) in [6.07, 6.45) is -5.05. The van der Waals surface area contributed by atoms with Gasteiger partial charge in [0.2, 0.25) is 0 Å². The lowest BCUT2D eigenvalue weighted by Crippen LogP contribution is -2.34. The Bertz CT molecular complexity index is 1010. The molecule has 1 aliphatic rings. The highest BCUT2D eigenvalue weighted by molar-refractivity contribution is 7.91. The topological polar surface area (TPSA) is 63.7 Å². The molecule has 1 fully saturated rings. The lowest BCUT2D eigenvalue weighted by Gasteiger charge is -2.22. The Morgan fingerprint density at radius 2 is 1.69 bits per heavy atom. The van der Waals surface area contributed by atoms with Crippen LogP contribution in [0.1, 0.15) is 27.6 Å². The van der Waals surface area contributed by atoms with Crippen LogP contribution in [0, 0.1) is 5.82 Å². The van der Waals surface area contributed by atoms with Crippen LogP contribution in [-0.4, -0.2) is 44.4 Å². The first kappa shape index (κ1) is 21.1. The highest BCUT2D eigenvalue weighted by Gasteiger charge is 2.36. The number of para-hydroxylation sites is 1. The molecule has 0 aromatic heterocycles. The Kier molecular flexibility index (Phi) is 5.83. The number of carbonyl (C=O) groups is 1. The zero-order chi connectivity index (χ0) is 21.2. The van der Waals surface area contributed by atoms with Crippen LogP contribution >= 0.6 is 0 Å². The van der Waals surface area contributed by atoms with Gasteiger partial charge in [0.05, 0.1) is 16.6 Å². The van der Waals surface area contributed by atoms with Gasteiger partial charge in [-0.05, 0) is 24.6 Å². The van der Waals surface area contributed by atoms with Gasteiger partial charge in [0.1, 0.15) is 11.6 Å². The van der Waals surface area contributed by atoms with Gasteiger partial charge in [-0.2, -0.15) is 0 Å².